The van der Waals surface area contributed by atoms with Gasteiger partial charge in [0.05, 0.1) is 10.6 Å². The van der Waals surface area contributed by atoms with Gasteiger partial charge in [-0.1, -0.05) is 30.3 Å². The minimum atomic E-state index is -3.51. The van der Waals surface area contributed by atoms with E-state index in [4.69, 9.17) is 0 Å². The van der Waals surface area contributed by atoms with Crippen molar-refractivity contribution < 1.29 is 8.42 Å². The molecule has 0 atom stereocenters. The van der Waals surface area contributed by atoms with Crippen LogP contribution in [0.1, 0.15) is 11.1 Å². The molecule has 0 aromatic heterocycles. The Morgan fingerprint density at radius 1 is 0.900 bits per heavy atom. The van der Waals surface area contributed by atoms with Crippen molar-refractivity contribution in [3.8, 4) is 0 Å². The zero-order chi connectivity index (χ0) is 14.0. The van der Waals surface area contributed by atoms with E-state index < -0.39 is 10.0 Å². The molecule has 0 fully saturated rings. The lowest BCUT2D eigenvalue weighted by Gasteiger charge is -2.21. The molecule has 5 heteroatoms. The van der Waals surface area contributed by atoms with Crippen molar-refractivity contribution in [2.75, 3.05) is 11.4 Å². The Labute approximate surface area is 126 Å². The Kier molecular flexibility index (Phi) is 5.20. The van der Waals surface area contributed by atoms with E-state index in [9.17, 15) is 8.42 Å². The molecule has 0 radical (unpaired) electrons. The SMILES string of the molecule is Cc1cccc(S(=O)(=O)N(C)c2ccccc2)c1C.Cl. The lowest BCUT2D eigenvalue weighted by molar-refractivity contribution is 0.593. The summed E-state index contributed by atoms with van der Waals surface area (Å²) in [6, 6.07) is 14.4. The molecule has 3 nitrogen and oxygen atoms in total. The minimum Gasteiger partial charge on any atom is -0.269 e. The molecule has 2 rings (SSSR count). The van der Waals surface area contributed by atoms with Crippen LogP contribution in [0.4, 0.5) is 5.69 Å². The highest BCUT2D eigenvalue weighted by Gasteiger charge is 2.23. The first kappa shape index (κ1) is 16.5. The maximum Gasteiger partial charge on any atom is 0.264 e. The van der Waals surface area contributed by atoms with E-state index in [0.29, 0.717) is 10.6 Å². The van der Waals surface area contributed by atoms with Crippen molar-refractivity contribution in [3.05, 3.63) is 59.7 Å². The van der Waals surface area contributed by atoms with Crippen LogP contribution in [0.5, 0.6) is 0 Å². The lowest BCUT2D eigenvalue weighted by Crippen LogP contribution is -2.27. The number of hydrogen-bond donors (Lipinski definition) is 0. The van der Waals surface area contributed by atoms with Crippen molar-refractivity contribution in [2.45, 2.75) is 18.7 Å². The molecule has 108 valence electrons. The summed E-state index contributed by atoms with van der Waals surface area (Å²) in [5.74, 6) is 0. The predicted molar refractivity (Wildman–Crippen MR) is 85.2 cm³/mol. The second kappa shape index (κ2) is 6.29. The van der Waals surface area contributed by atoms with Crippen LogP contribution in [0, 0.1) is 13.8 Å². The van der Waals surface area contributed by atoms with Gasteiger partial charge in [0.25, 0.3) is 10.0 Å². The van der Waals surface area contributed by atoms with Crippen molar-refractivity contribution in [3.63, 3.8) is 0 Å². The number of halogens is 1. The smallest absolute Gasteiger partial charge is 0.264 e. The average molecular weight is 312 g/mol. The monoisotopic (exact) mass is 311 g/mol. The van der Waals surface area contributed by atoms with Crippen molar-refractivity contribution in [1.29, 1.82) is 0 Å². The Hall–Kier alpha value is -1.52. The number of nitrogens with zero attached hydrogens (tertiary/aromatic N) is 1. The Morgan fingerprint density at radius 3 is 2.10 bits per heavy atom. The lowest BCUT2D eigenvalue weighted by atomic mass is 10.1. The number of rotatable bonds is 3. The van der Waals surface area contributed by atoms with E-state index in [-0.39, 0.29) is 12.4 Å². The van der Waals surface area contributed by atoms with Crippen LogP contribution < -0.4 is 4.31 Å². The summed E-state index contributed by atoms with van der Waals surface area (Å²) in [5, 5.41) is 0. The molecular formula is C15H18ClNO2S. The fourth-order valence-electron chi connectivity index (χ4n) is 1.93. The quantitative estimate of drug-likeness (QED) is 0.869. The summed E-state index contributed by atoms with van der Waals surface area (Å²) in [5.41, 5.74) is 2.43. The van der Waals surface area contributed by atoms with Gasteiger partial charge in [0.1, 0.15) is 0 Å². The van der Waals surface area contributed by atoms with Crippen LogP contribution in [-0.2, 0) is 10.0 Å². The number of para-hydroxylation sites is 1. The number of hydrogen-bond acceptors (Lipinski definition) is 2. The molecule has 20 heavy (non-hydrogen) atoms. The number of aryl methyl sites for hydroxylation is 1. The first-order valence-corrected chi connectivity index (χ1v) is 7.49. The van der Waals surface area contributed by atoms with Crippen molar-refractivity contribution in [1.82, 2.24) is 0 Å². The summed E-state index contributed by atoms with van der Waals surface area (Å²) in [4.78, 5) is 0.360. The van der Waals surface area contributed by atoms with E-state index >= 15 is 0 Å². The molecule has 0 bridgehead atoms. The van der Waals surface area contributed by atoms with Gasteiger partial charge >= 0.3 is 0 Å². The van der Waals surface area contributed by atoms with Crippen LogP contribution in [0.25, 0.3) is 0 Å². The summed E-state index contributed by atoms with van der Waals surface area (Å²) >= 11 is 0. The molecule has 2 aromatic carbocycles. The van der Waals surface area contributed by atoms with E-state index in [2.05, 4.69) is 0 Å². The van der Waals surface area contributed by atoms with Gasteiger partial charge < -0.3 is 0 Å². The third-order valence-electron chi connectivity index (χ3n) is 3.31. The van der Waals surface area contributed by atoms with Gasteiger partial charge in [-0.3, -0.25) is 4.31 Å². The average Bonchev–Trinajstić information content (AvgIpc) is 2.41. The molecule has 0 saturated heterocycles. The zero-order valence-corrected chi connectivity index (χ0v) is 13.3. The molecule has 0 aliphatic heterocycles. The highest BCUT2D eigenvalue weighted by atomic mass is 35.5. The largest absolute Gasteiger partial charge is 0.269 e. The number of benzene rings is 2. The van der Waals surface area contributed by atoms with Crippen LogP contribution in [0.2, 0.25) is 0 Å². The second-order valence-electron chi connectivity index (χ2n) is 4.51. The van der Waals surface area contributed by atoms with E-state index in [1.165, 1.54) is 4.31 Å². The van der Waals surface area contributed by atoms with Gasteiger partial charge in [-0.15, -0.1) is 12.4 Å². The fraction of sp³-hybridized carbons (Fsp3) is 0.200. The Balaban J connectivity index is 0.00000200. The third-order valence-corrected chi connectivity index (χ3v) is 5.24. The maximum absolute atomic E-state index is 12.6. The van der Waals surface area contributed by atoms with Crippen LogP contribution in [-0.4, -0.2) is 15.5 Å². The summed E-state index contributed by atoms with van der Waals surface area (Å²) in [6.07, 6.45) is 0. The van der Waals surface area contributed by atoms with Gasteiger partial charge in [0.15, 0.2) is 0 Å². The molecular weight excluding hydrogens is 294 g/mol. The highest BCUT2D eigenvalue weighted by molar-refractivity contribution is 7.92. The number of sulfonamides is 1. The molecule has 0 spiro atoms. The third kappa shape index (κ3) is 2.97. The summed E-state index contributed by atoms with van der Waals surface area (Å²) in [6.45, 7) is 3.75. The first-order valence-electron chi connectivity index (χ1n) is 6.05. The molecule has 0 aliphatic rings. The minimum absolute atomic E-state index is 0. The highest BCUT2D eigenvalue weighted by Crippen LogP contribution is 2.25. The zero-order valence-electron chi connectivity index (χ0n) is 11.7. The van der Waals surface area contributed by atoms with Gasteiger partial charge in [-0.2, -0.15) is 0 Å². The summed E-state index contributed by atoms with van der Waals surface area (Å²) < 4.78 is 26.6. The Morgan fingerprint density at radius 2 is 1.50 bits per heavy atom. The Bertz CT molecular complexity index is 684. The molecule has 0 unspecified atom stereocenters. The second-order valence-corrected chi connectivity index (χ2v) is 6.44. The normalized spacial score (nSPS) is 10.8. The summed E-state index contributed by atoms with van der Waals surface area (Å²) in [7, 11) is -1.94. The first-order chi connectivity index (χ1) is 8.94. The van der Waals surface area contributed by atoms with E-state index in [0.717, 1.165) is 11.1 Å². The predicted octanol–water partition coefficient (Wildman–Crippen LogP) is 3.55. The van der Waals surface area contributed by atoms with Crippen LogP contribution in [0.15, 0.2) is 53.4 Å². The molecule has 0 amide bonds. The molecule has 0 aliphatic carbocycles. The number of anilines is 1. The standard InChI is InChI=1S/C15H17NO2S.ClH/c1-12-8-7-11-15(13(12)2)19(17,18)16(3)14-9-5-4-6-10-14;/h4-11H,1-3H3;1H. The molecule has 0 saturated carbocycles. The van der Waals surface area contributed by atoms with Crippen molar-refractivity contribution in [2.24, 2.45) is 0 Å². The topological polar surface area (TPSA) is 37.4 Å². The molecule has 2 aromatic rings. The molecule has 0 heterocycles. The van der Waals surface area contributed by atoms with Gasteiger partial charge in [-0.05, 0) is 43.2 Å². The molecule has 0 N–H and O–H groups in total. The fourth-order valence-corrected chi connectivity index (χ4v) is 3.42. The van der Waals surface area contributed by atoms with Crippen LogP contribution >= 0.6 is 12.4 Å². The van der Waals surface area contributed by atoms with Gasteiger partial charge in [-0.25, -0.2) is 8.42 Å². The van der Waals surface area contributed by atoms with Gasteiger partial charge in [0.2, 0.25) is 0 Å². The van der Waals surface area contributed by atoms with Gasteiger partial charge in [0, 0.05) is 7.05 Å². The van der Waals surface area contributed by atoms with Crippen LogP contribution in [0.3, 0.4) is 0 Å². The van der Waals surface area contributed by atoms with Crippen molar-refractivity contribution >= 4 is 28.1 Å². The van der Waals surface area contributed by atoms with E-state index in [1.54, 1.807) is 31.3 Å². The maximum atomic E-state index is 12.6. The van der Waals surface area contributed by atoms with E-state index in [1.807, 2.05) is 38.1 Å².